The molecule has 0 aromatic carbocycles. The van der Waals surface area contributed by atoms with E-state index >= 15 is 0 Å². The van der Waals surface area contributed by atoms with Crippen LogP contribution in [0.3, 0.4) is 0 Å². The lowest BCUT2D eigenvalue weighted by Gasteiger charge is -2.12. The van der Waals surface area contributed by atoms with Gasteiger partial charge in [-0.3, -0.25) is 14.8 Å². The molecule has 16 heavy (non-hydrogen) atoms. The van der Waals surface area contributed by atoms with Crippen molar-refractivity contribution < 1.29 is 18.4 Å². The van der Waals surface area contributed by atoms with Gasteiger partial charge in [-0.15, -0.1) is 0 Å². The van der Waals surface area contributed by atoms with Gasteiger partial charge in [-0.05, 0) is 13.8 Å². The first-order valence-electron chi connectivity index (χ1n) is 4.52. The van der Waals surface area contributed by atoms with Crippen LogP contribution in [0.5, 0.6) is 0 Å². The maximum atomic E-state index is 11.9. The van der Waals surface area contributed by atoms with Crippen molar-refractivity contribution in [3.8, 4) is 0 Å². The Morgan fingerprint density at radius 2 is 2.31 bits per heavy atom. The van der Waals surface area contributed by atoms with Crippen LogP contribution in [0.25, 0.3) is 0 Å². The molecule has 90 valence electrons. The second-order valence-electron chi connectivity index (χ2n) is 3.26. The molecule has 0 spiro atoms. The molecule has 1 unspecified atom stereocenters. The van der Waals surface area contributed by atoms with Crippen molar-refractivity contribution in [3.63, 3.8) is 0 Å². The SMILES string of the molecule is Cc1c([N+](=O)[O-])cnn1CC(C)OC(F)F. The Labute approximate surface area is 90.0 Å². The first kappa shape index (κ1) is 12.5. The number of nitrogens with zero attached hydrogens (tertiary/aromatic N) is 3. The molecule has 0 saturated heterocycles. The largest absolute Gasteiger partial charge is 0.345 e. The summed E-state index contributed by atoms with van der Waals surface area (Å²) in [4.78, 5) is 9.93. The van der Waals surface area contributed by atoms with Crippen molar-refractivity contribution in [1.82, 2.24) is 9.78 Å². The minimum Gasteiger partial charge on any atom is -0.318 e. The van der Waals surface area contributed by atoms with Crippen LogP contribution in [-0.4, -0.2) is 27.4 Å². The van der Waals surface area contributed by atoms with Crippen LogP contribution >= 0.6 is 0 Å². The van der Waals surface area contributed by atoms with Crippen molar-refractivity contribution in [2.24, 2.45) is 0 Å². The van der Waals surface area contributed by atoms with Crippen molar-refractivity contribution in [2.75, 3.05) is 0 Å². The number of halogens is 2. The summed E-state index contributed by atoms with van der Waals surface area (Å²) in [6.07, 6.45) is 0.322. The predicted octanol–water partition coefficient (Wildman–Crippen LogP) is 1.73. The van der Waals surface area contributed by atoms with Gasteiger partial charge in [0.15, 0.2) is 0 Å². The number of hydrogen-bond acceptors (Lipinski definition) is 4. The first-order valence-corrected chi connectivity index (χ1v) is 4.52. The monoisotopic (exact) mass is 235 g/mol. The highest BCUT2D eigenvalue weighted by molar-refractivity contribution is 5.31. The third-order valence-corrected chi connectivity index (χ3v) is 2.04. The van der Waals surface area contributed by atoms with Crippen LogP contribution < -0.4 is 0 Å². The molecule has 0 bridgehead atoms. The minimum absolute atomic E-state index is 0.0456. The summed E-state index contributed by atoms with van der Waals surface area (Å²) in [5, 5.41) is 14.2. The molecule has 0 fully saturated rings. The molecule has 0 amide bonds. The molecule has 0 N–H and O–H groups in total. The number of aromatic nitrogens is 2. The summed E-state index contributed by atoms with van der Waals surface area (Å²) >= 11 is 0. The van der Waals surface area contributed by atoms with Crippen LogP contribution in [0.4, 0.5) is 14.5 Å². The molecule has 1 atom stereocenters. The zero-order valence-electron chi connectivity index (χ0n) is 8.76. The van der Waals surface area contributed by atoms with Gasteiger partial charge in [-0.1, -0.05) is 0 Å². The summed E-state index contributed by atoms with van der Waals surface area (Å²) in [5.41, 5.74) is 0.180. The fourth-order valence-electron chi connectivity index (χ4n) is 1.26. The molecule has 0 radical (unpaired) electrons. The fourth-order valence-corrected chi connectivity index (χ4v) is 1.26. The molecule has 1 aromatic rings. The molecular weight excluding hydrogens is 224 g/mol. The zero-order chi connectivity index (χ0) is 12.3. The van der Waals surface area contributed by atoms with E-state index in [1.807, 2.05) is 0 Å². The normalized spacial score (nSPS) is 13.1. The fraction of sp³-hybridized carbons (Fsp3) is 0.625. The Kier molecular flexibility index (Phi) is 3.88. The quantitative estimate of drug-likeness (QED) is 0.575. The number of alkyl halides is 2. The Balaban J connectivity index is 2.71. The standard InChI is InChI=1S/C8H11F2N3O3/c1-5(16-8(9)10)4-12-6(2)7(3-11-12)13(14)15/h3,5,8H,4H2,1-2H3. The van der Waals surface area contributed by atoms with Gasteiger partial charge in [0.1, 0.15) is 11.9 Å². The highest BCUT2D eigenvalue weighted by Gasteiger charge is 2.18. The highest BCUT2D eigenvalue weighted by atomic mass is 19.3. The average Bonchev–Trinajstić information content (AvgIpc) is 2.46. The van der Waals surface area contributed by atoms with E-state index in [4.69, 9.17) is 0 Å². The van der Waals surface area contributed by atoms with Gasteiger partial charge < -0.3 is 4.74 Å². The van der Waals surface area contributed by atoms with Gasteiger partial charge in [0, 0.05) is 0 Å². The number of nitro groups is 1. The van der Waals surface area contributed by atoms with Crippen molar-refractivity contribution in [1.29, 1.82) is 0 Å². The molecule has 1 aromatic heterocycles. The highest BCUT2D eigenvalue weighted by Crippen LogP contribution is 2.17. The van der Waals surface area contributed by atoms with Gasteiger partial charge in [-0.2, -0.15) is 13.9 Å². The van der Waals surface area contributed by atoms with E-state index < -0.39 is 17.6 Å². The molecule has 0 aliphatic rings. The lowest BCUT2D eigenvalue weighted by Crippen LogP contribution is -2.20. The molecule has 1 rings (SSSR count). The Hall–Kier alpha value is -1.57. The van der Waals surface area contributed by atoms with E-state index in [1.165, 1.54) is 18.5 Å². The number of ether oxygens (including phenoxy) is 1. The molecule has 1 heterocycles. The summed E-state index contributed by atoms with van der Waals surface area (Å²) in [5.74, 6) is 0. The number of rotatable bonds is 5. The maximum absolute atomic E-state index is 11.9. The zero-order valence-corrected chi connectivity index (χ0v) is 8.76. The molecule has 0 aliphatic carbocycles. The molecule has 6 nitrogen and oxygen atoms in total. The summed E-state index contributed by atoms with van der Waals surface area (Å²) in [7, 11) is 0. The second-order valence-corrected chi connectivity index (χ2v) is 3.26. The Bertz CT molecular complexity index is 381. The van der Waals surface area contributed by atoms with Crippen LogP contribution in [0, 0.1) is 17.0 Å². The van der Waals surface area contributed by atoms with Crippen molar-refractivity contribution in [2.45, 2.75) is 33.1 Å². The third-order valence-electron chi connectivity index (χ3n) is 2.04. The van der Waals surface area contributed by atoms with Gasteiger partial charge >= 0.3 is 12.3 Å². The van der Waals surface area contributed by atoms with Crippen LogP contribution in [0.1, 0.15) is 12.6 Å². The van der Waals surface area contributed by atoms with Gasteiger partial charge in [0.2, 0.25) is 0 Å². The minimum atomic E-state index is -2.86. The summed E-state index contributed by atoms with van der Waals surface area (Å²) < 4.78 is 29.2. The molecule has 8 heteroatoms. The van der Waals surface area contributed by atoms with E-state index in [0.29, 0.717) is 5.69 Å². The molecule has 0 saturated carbocycles. The van der Waals surface area contributed by atoms with Gasteiger partial charge in [-0.25, -0.2) is 0 Å². The van der Waals surface area contributed by atoms with Crippen molar-refractivity contribution in [3.05, 3.63) is 22.0 Å². The summed E-state index contributed by atoms with van der Waals surface area (Å²) in [6, 6.07) is 0. The lowest BCUT2D eigenvalue weighted by atomic mass is 10.3. The van der Waals surface area contributed by atoms with E-state index in [9.17, 15) is 18.9 Å². The average molecular weight is 235 g/mol. The second kappa shape index (κ2) is 4.97. The summed E-state index contributed by atoms with van der Waals surface area (Å²) in [6.45, 7) is 0.129. The van der Waals surface area contributed by atoms with Crippen molar-refractivity contribution >= 4 is 5.69 Å². The van der Waals surface area contributed by atoms with Crippen LogP contribution in [0.2, 0.25) is 0 Å². The number of hydrogen-bond donors (Lipinski definition) is 0. The van der Waals surface area contributed by atoms with E-state index in [0.717, 1.165) is 6.20 Å². The lowest BCUT2D eigenvalue weighted by molar-refractivity contribution is -0.385. The van der Waals surface area contributed by atoms with E-state index in [-0.39, 0.29) is 12.2 Å². The van der Waals surface area contributed by atoms with Gasteiger partial charge in [0.05, 0.1) is 17.6 Å². The topological polar surface area (TPSA) is 70.2 Å². The van der Waals surface area contributed by atoms with Crippen LogP contribution in [-0.2, 0) is 11.3 Å². The predicted molar refractivity (Wildman–Crippen MR) is 50.2 cm³/mol. The maximum Gasteiger partial charge on any atom is 0.345 e. The van der Waals surface area contributed by atoms with E-state index in [2.05, 4.69) is 9.84 Å². The smallest absolute Gasteiger partial charge is 0.318 e. The molecular formula is C8H11F2N3O3. The molecule has 0 aliphatic heterocycles. The van der Waals surface area contributed by atoms with Gasteiger partial charge in [0.25, 0.3) is 0 Å². The Morgan fingerprint density at radius 1 is 1.69 bits per heavy atom. The first-order chi connectivity index (χ1) is 7.41. The third kappa shape index (κ3) is 2.96. The van der Waals surface area contributed by atoms with Crippen LogP contribution in [0.15, 0.2) is 6.20 Å². The Morgan fingerprint density at radius 3 is 2.75 bits per heavy atom. The van der Waals surface area contributed by atoms with E-state index in [1.54, 1.807) is 0 Å².